The number of carbonyl (C=O) groups is 1. The smallest absolute Gasteiger partial charge is 0.211 e. The molecule has 0 bridgehead atoms. The lowest BCUT2D eigenvalue weighted by molar-refractivity contribution is 0.0961. The summed E-state index contributed by atoms with van der Waals surface area (Å²) in [6, 6.07) is 5.05. The van der Waals surface area contributed by atoms with Crippen LogP contribution < -0.4 is 0 Å². The summed E-state index contributed by atoms with van der Waals surface area (Å²) < 4.78 is 37.3. The summed E-state index contributed by atoms with van der Waals surface area (Å²) in [4.78, 5) is 12.0. The highest BCUT2D eigenvalue weighted by atomic mass is 32.2. The van der Waals surface area contributed by atoms with E-state index in [0.29, 0.717) is 18.5 Å². The van der Waals surface area contributed by atoms with Crippen LogP contribution in [0.3, 0.4) is 0 Å². The van der Waals surface area contributed by atoms with Gasteiger partial charge in [-0.05, 0) is 37.1 Å². The van der Waals surface area contributed by atoms with Crippen LogP contribution in [0.1, 0.15) is 29.6 Å². The Bertz CT molecular complexity index is 568. The van der Waals surface area contributed by atoms with Gasteiger partial charge in [-0.15, -0.1) is 0 Å². The van der Waals surface area contributed by atoms with Crippen LogP contribution in [-0.4, -0.2) is 37.3 Å². The van der Waals surface area contributed by atoms with E-state index < -0.39 is 15.8 Å². The third-order valence-electron chi connectivity index (χ3n) is 3.34. The SMILES string of the molecule is CS(=O)(=O)N1CCC[C@@H]1CC(=O)c1ccc(F)cc1. The summed E-state index contributed by atoms with van der Waals surface area (Å²) in [5.74, 6) is -0.546. The fourth-order valence-electron chi connectivity index (χ4n) is 2.42. The number of hydrogen-bond acceptors (Lipinski definition) is 3. The van der Waals surface area contributed by atoms with Crippen molar-refractivity contribution in [2.24, 2.45) is 0 Å². The van der Waals surface area contributed by atoms with Crippen molar-refractivity contribution >= 4 is 15.8 Å². The molecule has 104 valence electrons. The van der Waals surface area contributed by atoms with Crippen LogP contribution in [0, 0.1) is 5.82 Å². The molecule has 1 aromatic rings. The fourth-order valence-corrected chi connectivity index (χ4v) is 3.60. The molecule has 0 N–H and O–H groups in total. The highest BCUT2D eigenvalue weighted by molar-refractivity contribution is 7.88. The average Bonchev–Trinajstić information content (AvgIpc) is 2.77. The maximum absolute atomic E-state index is 12.8. The number of Topliss-reactive ketones (excluding diaryl/α,β-unsaturated/α-hetero) is 1. The Labute approximate surface area is 112 Å². The van der Waals surface area contributed by atoms with Crippen molar-refractivity contribution < 1.29 is 17.6 Å². The molecule has 1 aliphatic heterocycles. The molecule has 1 aromatic carbocycles. The second-order valence-electron chi connectivity index (χ2n) is 4.80. The minimum absolute atomic E-state index is 0.151. The second-order valence-corrected chi connectivity index (χ2v) is 6.74. The van der Waals surface area contributed by atoms with Crippen molar-refractivity contribution in [2.45, 2.75) is 25.3 Å². The van der Waals surface area contributed by atoms with Gasteiger partial charge in [-0.2, -0.15) is 4.31 Å². The molecule has 0 saturated carbocycles. The summed E-state index contributed by atoms with van der Waals surface area (Å²) in [7, 11) is -3.27. The van der Waals surface area contributed by atoms with Crippen LogP contribution in [0.5, 0.6) is 0 Å². The third-order valence-corrected chi connectivity index (χ3v) is 4.67. The van der Waals surface area contributed by atoms with E-state index in [0.717, 1.165) is 12.7 Å². The van der Waals surface area contributed by atoms with E-state index in [2.05, 4.69) is 0 Å². The fraction of sp³-hybridized carbons (Fsp3) is 0.462. The van der Waals surface area contributed by atoms with Crippen molar-refractivity contribution in [1.82, 2.24) is 4.31 Å². The van der Waals surface area contributed by atoms with Crippen LogP contribution in [0.4, 0.5) is 4.39 Å². The van der Waals surface area contributed by atoms with Gasteiger partial charge in [-0.1, -0.05) is 0 Å². The van der Waals surface area contributed by atoms with Crippen molar-refractivity contribution in [3.8, 4) is 0 Å². The zero-order valence-electron chi connectivity index (χ0n) is 10.7. The zero-order valence-corrected chi connectivity index (χ0v) is 11.5. The number of carbonyl (C=O) groups excluding carboxylic acids is 1. The van der Waals surface area contributed by atoms with Gasteiger partial charge in [0.1, 0.15) is 5.82 Å². The van der Waals surface area contributed by atoms with Gasteiger partial charge >= 0.3 is 0 Å². The van der Waals surface area contributed by atoms with E-state index in [1.54, 1.807) is 0 Å². The van der Waals surface area contributed by atoms with Gasteiger partial charge < -0.3 is 0 Å². The van der Waals surface area contributed by atoms with Crippen molar-refractivity contribution in [1.29, 1.82) is 0 Å². The molecule has 0 aliphatic carbocycles. The molecule has 1 heterocycles. The van der Waals surface area contributed by atoms with Crippen LogP contribution in [0.2, 0.25) is 0 Å². The average molecular weight is 285 g/mol. The molecular weight excluding hydrogens is 269 g/mol. The lowest BCUT2D eigenvalue weighted by atomic mass is 10.0. The molecule has 0 spiro atoms. The van der Waals surface area contributed by atoms with Gasteiger partial charge in [0.2, 0.25) is 10.0 Å². The minimum atomic E-state index is -3.27. The topological polar surface area (TPSA) is 54.5 Å². The number of ketones is 1. The molecule has 2 rings (SSSR count). The van der Waals surface area contributed by atoms with Gasteiger partial charge in [-0.25, -0.2) is 12.8 Å². The van der Waals surface area contributed by atoms with Gasteiger partial charge in [0.25, 0.3) is 0 Å². The Kier molecular flexibility index (Phi) is 4.01. The van der Waals surface area contributed by atoms with E-state index in [4.69, 9.17) is 0 Å². The first-order chi connectivity index (χ1) is 8.88. The first kappa shape index (κ1) is 14.1. The van der Waals surface area contributed by atoms with E-state index >= 15 is 0 Å². The summed E-state index contributed by atoms with van der Waals surface area (Å²) in [5, 5.41) is 0. The Balaban J connectivity index is 2.08. The van der Waals surface area contributed by atoms with Crippen molar-refractivity contribution in [2.75, 3.05) is 12.8 Å². The Hall–Kier alpha value is -1.27. The van der Waals surface area contributed by atoms with Gasteiger partial charge in [-0.3, -0.25) is 4.79 Å². The summed E-state index contributed by atoms with van der Waals surface area (Å²) in [6.07, 6.45) is 2.78. The van der Waals surface area contributed by atoms with E-state index in [9.17, 15) is 17.6 Å². The lowest BCUT2D eigenvalue weighted by Gasteiger charge is -2.21. The molecule has 0 unspecified atom stereocenters. The maximum atomic E-state index is 12.8. The number of rotatable bonds is 4. The van der Waals surface area contributed by atoms with Crippen LogP contribution in [-0.2, 0) is 10.0 Å². The second kappa shape index (κ2) is 5.38. The van der Waals surface area contributed by atoms with E-state index in [1.165, 1.54) is 28.6 Å². The Morgan fingerprint density at radius 1 is 1.37 bits per heavy atom. The summed E-state index contributed by atoms with van der Waals surface area (Å²) in [5.41, 5.74) is 0.418. The summed E-state index contributed by atoms with van der Waals surface area (Å²) >= 11 is 0. The Morgan fingerprint density at radius 2 is 2.00 bits per heavy atom. The number of sulfonamides is 1. The van der Waals surface area contributed by atoms with E-state index in [-0.39, 0.29) is 18.2 Å². The minimum Gasteiger partial charge on any atom is -0.294 e. The standard InChI is InChI=1S/C13H16FNO3S/c1-19(17,18)15-8-2-3-12(15)9-13(16)10-4-6-11(14)7-5-10/h4-7,12H,2-3,8-9H2,1H3/t12-/m1/s1. The molecular formula is C13H16FNO3S. The quantitative estimate of drug-likeness (QED) is 0.793. The predicted octanol–water partition coefficient (Wildman–Crippen LogP) is 1.82. The van der Waals surface area contributed by atoms with Crippen molar-refractivity contribution in [3.05, 3.63) is 35.6 Å². The number of benzene rings is 1. The van der Waals surface area contributed by atoms with Crippen molar-refractivity contribution in [3.63, 3.8) is 0 Å². The molecule has 1 aliphatic rings. The molecule has 4 nitrogen and oxygen atoms in total. The molecule has 0 radical (unpaired) electrons. The molecule has 6 heteroatoms. The number of hydrogen-bond donors (Lipinski definition) is 0. The number of nitrogens with zero attached hydrogens (tertiary/aromatic N) is 1. The predicted molar refractivity (Wildman–Crippen MR) is 69.9 cm³/mol. The molecule has 0 aromatic heterocycles. The van der Waals surface area contributed by atoms with Gasteiger partial charge in [0.05, 0.1) is 6.26 Å². The first-order valence-electron chi connectivity index (χ1n) is 6.13. The van der Waals surface area contributed by atoms with E-state index in [1.807, 2.05) is 0 Å². The lowest BCUT2D eigenvalue weighted by Crippen LogP contribution is -2.36. The largest absolute Gasteiger partial charge is 0.294 e. The zero-order chi connectivity index (χ0) is 14.0. The summed E-state index contributed by atoms with van der Waals surface area (Å²) in [6.45, 7) is 0.472. The molecule has 1 saturated heterocycles. The molecule has 1 fully saturated rings. The number of halogens is 1. The molecule has 19 heavy (non-hydrogen) atoms. The maximum Gasteiger partial charge on any atom is 0.211 e. The van der Waals surface area contributed by atoms with Crippen LogP contribution in [0.25, 0.3) is 0 Å². The van der Waals surface area contributed by atoms with Gasteiger partial charge in [0, 0.05) is 24.6 Å². The van der Waals surface area contributed by atoms with Crippen LogP contribution in [0.15, 0.2) is 24.3 Å². The van der Waals surface area contributed by atoms with Crippen LogP contribution >= 0.6 is 0 Å². The molecule has 0 amide bonds. The Morgan fingerprint density at radius 3 is 2.58 bits per heavy atom. The highest BCUT2D eigenvalue weighted by Crippen LogP contribution is 2.24. The normalized spacial score (nSPS) is 20.6. The van der Waals surface area contributed by atoms with Gasteiger partial charge in [0.15, 0.2) is 5.78 Å². The monoisotopic (exact) mass is 285 g/mol. The molecule has 1 atom stereocenters. The first-order valence-corrected chi connectivity index (χ1v) is 7.98. The third kappa shape index (κ3) is 3.39. The highest BCUT2D eigenvalue weighted by Gasteiger charge is 2.32.